The number of nitrogens with one attached hydrogen (secondary N) is 2. The Labute approximate surface area is 184 Å². The molecule has 0 bridgehead atoms. The lowest BCUT2D eigenvalue weighted by Crippen LogP contribution is -2.53. The molecule has 5 atom stereocenters. The van der Waals surface area contributed by atoms with E-state index in [4.69, 9.17) is 0 Å². The maximum absolute atomic E-state index is 10.9. The number of H-pyrrole nitrogens is 1. The van der Waals surface area contributed by atoms with Gasteiger partial charge < -0.3 is 15.4 Å². The van der Waals surface area contributed by atoms with E-state index in [0.717, 1.165) is 25.9 Å². The van der Waals surface area contributed by atoms with E-state index in [1.165, 1.54) is 53.7 Å². The van der Waals surface area contributed by atoms with Crippen LogP contribution in [0.3, 0.4) is 0 Å². The van der Waals surface area contributed by atoms with E-state index in [9.17, 15) is 5.11 Å². The number of para-hydroxylation sites is 1. The van der Waals surface area contributed by atoms with Gasteiger partial charge in [-0.1, -0.05) is 48.5 Å². The molecule has 3 N–H and O–H groups in total. The van der Waals surface area contributed by atoms with E-state index >= 15 is 0 Å². The molecule has 2 fully saturated rings. The van der Waals surface area contributed by atoms with Crippen LogP contribution in [-0.4, -0.2) is 40.7 Å². The number of aromatic amines is 1. The molecule has 1 aliphatic carbocycles. The fourth-order valence-corrected chi connectivity index (χ4v) is 6.72. The van der Waals surface area contributed by atoms with Crippen LogP contribution in [0.4, 0.5) is 0 Å². The molecule has 6 rings (SSSR count). The van der Waals surface area contributed by atoms with E-state index in [1.54, 1.807) is 0 Å². The third-order valence-corrected chi connectivity index (χ3v) is 8.27. The first-order valence-corrected chi connectivity index (χ1v) is 12.0. The highest BCUT2D eigenvalue weighted by molar-refractivity contribution is 5.85. The van der Waals surface area contributed by atoms with Crippen molar-refractivity contribution >= 4 is 10.9 Å². The van der Waals surface area contributed by atoms with Gasteiger partial charge in [-0.3, -0.25) is 4.90 Å². The maximum Gasteiger partial charge on any atom is 0.0583 e. The fourth-order valence-electron chi connectivity index (χ4n) is 6.72. The zero-order valence-corrected chi connectivity index (χ0v) is 18.1. The molecule has 31 heavy (non-hydrogen) atoms. The Bertz CT molecular complexity index is 1050. The van der Waals surface area contributed by atoms with Gasteiger partial charge in [0, 0.05) is 48.7 Å². The second-order valence-electron chi connectivity index (χ2n) is 9.91. The van der Waals surface area contributed by atoms with Crippen LogP contribution in [0.25, 0.3) is 10.9 Å². The molecule has 0 spiro atoms. The van der Waals surface area contributed by atoms with Gasteiger partial charge in [-0.25, -0.2) is 0 Å². The first kappa shape index (κ1) is 19.5. The minimum Gasteiger partial charge on any atom is -0.393 e. The third-order valence-electron chi connectivity index (χ3n) is 8.27. The van der Waals surface area contributed by atoms with Crippen molar-refractivity contribution in [1.82, 2.24) is 15.2 Å². The van der Waals surface area contributed by atoms with Gasteiger partial charge in [-0.2, -0.15) is 0 Å². The second kappa shape index (κ2) is 8.09. The van der Waals surface area contributed by atoms with E-state index in [2.05, 4.69) is 69.8 Å². The van der Waals surface area contributed by atoms with Crippen molar-refractivity contribution in [2.24, 2.45) is 17.8 Å². The minimum atomic E-state index is -0.179. The molecule has 2 aromatic carbocycles. The van der Waals surface area contributed by atoms with Gasteiger partial charge >= 0.3 is 0 Å². The van der Waals surface area contributed by atoms with Crippen LogP contribution in [0.1, 0.15) is 42.1 Å². The molecule has 1 aromatic heterocycles. The lowest BCUT2D eigenvalue weighted by Gasteiger charge is -2.51. The molecule has 1 saturated carbocycles. The van der Waals surface area contributed by atoms with Crippen molar-refractivity contribution in [3.05, 3.63) is 71.4 Å². The van der Waals surface area contributed by atoms with E-state index in [0.29, 0.717) is 23.8 Å². The summed E-state index contributed by atoms with van der Waals surface area (Å²) in [4.78, 5) is 6.51. The molecule has 0 radical (unpaired) electrons. The summed E-state index contributed by atoms with van der Waals surface area (Å²) in [7, 11) is 0. The van der Waals surface area contributed by atoms with Crippen molar-refractivity contribution in [2.75, 3.05) is 19.6 Å². The van der Waals surface area contributed by atoms with Crippen LogP contribution in [0.5, 0.6) is 0 Å². The number of hydrogen-bond acceptors (Lipinski definition) is 3. The zero-order chi connectivity index (χ0) is 20.8. The smallest absolute Gasteiger partial charge is 0.0583 e. The van der Waals surface area contributed by atoms with Crippen molar-refractivity contribution in [1.29, 1.82) is 0 Å². The normalized spacial score (nSPS) is 30.5. The fraction of sp³-hybridized carbons (Fsp3) is 0.481. The molecule has 3 aromatic rings. The number of benzene rings is 2. The number of aliphatic hydroxyl groups excluding tert-OH is 1. The number of fused-ring (bicyclic) bond motifs is 6. The predicted octanol–water partition coefficient (Wildman–Crippen LogP) is 4.26. The van der Waals surface area contributed by atoms with Crippen LogP contribution in [0.15, 0.2) is 54.6 Å². The maximum atomic E-state index is 10.9. The summed E-state index contributed by atoms with van der Waals surface area (Å²) < 4.78 is 0. The van der Waals surface area contributed by atoms with E-state index < -0.39 is 0 Å². The number of rotatable bonds is 4. The third kappa shape index (κ3) is 3.51. The van der Waals surface area contributed by atoms with Crippen molar-refractivity contribution in [3.63, 3.8) is 0 Å². The van der Waals surface area contributed by atoms with Gasteiger partial charge in [0.1, 0.15) is 0 Å². The Morgan fingerprint density at radius 2 is 1.87 bits per heavy atom. The summed E-state index contributed by atoms with van der Waals surface area (Å²) in [6.45, 7) is 4.14. The SMILES string of the molecule is O[C@H]1CC[C@H]2CN3CCc4c([nH]c5ccccc45)[C@H]3C[C@@H]2[C@@H]1CNCc1ccccc1. The Balaban J connectivity index is 1.23. The number of aliphatic hydroxyl groups is 1. The van der Waals surface area contributed by atoms with Crippen LogP contribution >= 0.6 is 0 Å². The van der Waals surface area contributed by atoms with Crippen molar-refractivity contribution < 1.29 is 5.11 Å². The molecule has 4 nitrogen and oxygen atoms in total. The van der Waals surface area contributed by atoms with Gasteiger partial charge in [-0.15, -0.1) is 0 Å². The summed E-state index contributed by atoms with van der Waals surface area (Å²) in [5.74, 6) is 1.65. The summed E-state index contributed by atoms with van der Waals surface area (Å²) in [5.41, 5.74) is 5.57. The molecular formula is C27H33N3O. The average Bonchev–Trinajstić information content (AvgIpc) is 3.19. The zero-order valence-electron chi connectivity index (χ0n) is 18.1. The van der Waals surface area contributed by atoms with Gasteiger partial charge in [0.25, 0.3) is 0 Å². The molecule has 3 aliphatic rings. The van der Waals surface area contributed by atoms with Gasteiger partial charge in [0.05, 0.1) is 12.1 Å². The van der Waals surface area contributed by atoms with Gasteiger partial charge in [-0.05, 0) is 54.7 Å². The Morgan fingerprint density at radius 3 is 2.77 bits per heavy atom. The Kier molecular flexibility index (Phi) is 5.10. The number of aromatic nitrogens is 1. The molecule has 2 aliphatic heterocycles. The lowest BCUT2D eigenvalue weighted by molar-refractivity contribution is -0.0551. The van der Waals surface area contributed by atoms with Crippen molar-refractivity contribution in [3.8, 4) is 0 Å². The molecule has 1 saturated heterocycles. The average molecular weight is 416 g/mol. The number of hydrogen-bond donors (Lipinski definition) is 3. The summed E-state index contributed by atoms with van der Waals surface area (Å²) in [6.07, 6.45) is 4.26. The predicted molar refractivity (Wildman–Crippen MR) is 125 cm³/mol. The second-order valence-corrected chi connectivity index (χ2v) is 9.91. The first-order chi connectivity index (χ1) is 15.3. The van der Waals surface area contributed by atoms with Gasteiger partial charge in [0.15, 0.2) is 0 Å². The Hall–Kier alpha value is -2.14. The highest BCUT2D eigenvalue weighted by atomic mass is 16.3. The van der Waals surface area contributed by atoms with Crippen molar-refractivity contribution in [2.45, 2.75) is 44.4 Å². The number of piperidine rings is 1. The summed E-state index contributed by atoms with van der Waals surface area (Å²) >= 11 is 0. The Morgan fingerprint density at radius 1 is 1.03 bits per heavy atom. The number of nitrogens with zero attached hydrogens (tertiary/aromatic N) is 1. The molecule has 0 amide bonds. The standard InChI is InChI=1S/C27H33N3O/c31-26-11-10-19-17-30-13-12-21-20-8-4-5-9-24(20)29-27(21)25(30)14-22(19)23(26)16-28-15-18-6-2-1-3-7-18/h1-9,19,22-23,25-26,28-29,31H,10-17H2/t19-,22-,23-,25+,26-/m0/s1. The first-order valence-electron chi connectivity index (χ1n) is 12.0. The monoisotopic (exact) mass is 415 g/mol. The van der Waals surface area contributed by atoms with Crippen LogP contribution in [0, 0.1) is 17.8 Å². The minimum absolute atomic E-state index is 0.179. The topological polar surface area (TPSA) is 51.3 Å². The lowest BCUT2D eigenvalue weighted by atomic mass is 9.65. The highest BCUT2D eigenvalue weighted by Gasteiger charge is 2.46. The molecule has 162 valence electrons. The van der Waals surface area contributed by atoms with Crippen LogP contribution in [-0.2, 0) is 13.0 Å². The molecular weight excluding hydrogens is 382 g/mol. The van der Waals surface area contributed by atoms with E-state index in [-0.39, 0.29) is 6.10 Å². The molecule has 3 heterocycles. The molecule has 0 unspecified atom stereocenters. The van der Waals surface area contributed by atoms with Crippen LogP contribution < -0.4 is 5.32 Å². The highest BCUT2D eigenvalue weighted by Crippen LogP contribution is 2.48. The van der Waals surface area contributed by atoms with E-state index in [1.807, 2.05) is 0 Å². The largest absolute Gasteiger partial charge is 0.393 e. The van der Waals surface area contributed by atoms with Crippen LogP contribution in [0.2, 0.25) is 0 Å². The van der Waals surface area contributed by atoms with Gasteiger partial charge in [0.2, 0.25) is 0 Å². The summed E-state index contributed by atoms with van der Waals surface area (Å²) in [5, 5.41) is 16.0. The molecule has 4 heteroatoms. The summed E-state index contributed by atoms with van der Waals surface area (Å²) in [6, 6.07) is 19.8. The quantitative estimate of drug-likeness (QED) is 0.597.